The number of rotatable bonds is 6. The molecule has 0 unspecified atom stereocenters. The molecule has 2 saturated heterocycles. The van der Waals surface area contributed by atoms with Crippen LogP contribution < -0.4 is 15.0 Å². The number of carbonyl (C=O) groups is 3. The molecule has 4 atom stereocenters. The van der Waals surface area contributed by atoms with Gasteiger partial charge in [0.05, 0.1) is 25.4 Å². The average Bonchev–Trinajstić information content (AvgIpc) is 3.02. The average molecular weight is 464 g/mol. The van der Waals surface area contributed by atoms with Crippen LogP contribution in [0.15, 0.2) is 18.2 Å². The maximum Gasteiger partial charge on any atom is 0.414 e. The number of benzene rings is 1. The molecule has 9 nitrogen and oxygen atoms in total. The van der Waals surface area contributed by atoms with Crippen molar-refractivity contribution in [2.24, 2.45) is 17.8 Å². The van der Waals surface area contributed by atoms with Crippen LogP contribution in [-0.2, 0) is 14.3 Å². The number of nitrogens with zero attached hydrogens (tertiary/aromatic N) is 2. The topological polar surface area (TPSA) is 97.4 Å². The van der Waals surface area contributed by atoms with Crippen molar-refractivity contribution < 1.29 is 33.0 Å². The third-order valence-corrected chi connectivity index (χ3v) is 6.13. The first kappa shape index (κ1) is 23.1. The van der Waals surface area contributed by atoms with Gasteiger partial charge in [0, 0.05) is 32.0 Å². The quantitative estimate of drug-likeness (QED) is 0.697. The third kappa shape index (κ3) is 5.31. The Morgan fingerprint density at radius 2 is 1.91 bits per heavy atom. The molecule has 2 aliphatic heterocycles. The molecule has 2 heterocycles. The summed E-state index contributed by atoms with van der Waals surface area (Å²) in [7, 11) is 0. The van der Waals surface area contributed by atoms with Crippen molar-refractivity contribution in [1.82, 2.24) is 10.2 Å². The fourth-order valence-electron chi connectivity index (χ4n) is 4.43. The number of fused-ring (bicyclic) bond motifs is 1. The van der Waals surface area contributed by atoms with Crippen LogP contribution >= 0.6 is 0 Å². The van der Waals surface area contributed by atoms with Crippen molar-refractivity contribution >= 4 is 23.8 Å². The van der Waals surface area contributed by atoms with E-state index < -0.39 is 23.6 Å². The molecule has 1 aromatic rings. The maximum atomic E-state index is 14.6. The lowest BCUT2D eigenvalue weighted by atomic mass is 10.2. The van der Waals surface area contributed by atoms with Gasteiger partial charge in [-0.1, -0.05) is 0 Å². The first-order chi connectivity index (χ1) is 15.5. The van der Waals surface area contributed by atoms with Gasteiger partial charge in [-0.25, -0.2) is 14.0 Å². The van der Waals surface area contributed by atoms with Gasteiger partial charge in [0.25, 0.3) is 0 Å². The Balaban J connectivity index is 1.26. The predicted octanol–water partition coefficient (Wildman–Crippen LogP) is 2.78. The molecule has 0 aromatic heterocycles. The van der Waals surface area contributed by atoms with E-state index in [2.05, 4.69) is 5.32 Å². The monoisotopic (exact) mass is 463 g/mol. The summed E-state index contributed by atoms with van der Waals surface area (Å²) in [5.74, 6) is 0.321. The Kier molecular flexibility index (Phi) is 6.11. The van der Waals surface area contributed by atoms with Gasteiger partial charge < -0.3 is 24.4 Å². The largest absolute Gasteiger partial charge is 0.490 e. The van der Waals surface area contributed by atoms with Crippen LogP contribution in [0.5, 0.6) is 5.75 Å². The molecule has 0 spiro atoms. The zero-order chi connectivity index (χ0) is 23.9. The molecule has 1 aromatic carbocycles. The molecule has 1 N–H and O–H groups in total. The molecular weight excluding hydrogens is 433 g/mol. The van der Waals surface area contributed by atoms with E-state index >= 15 is 0 Å². The van der Waals surface area contributed by atoms with E-state index in [-0.39, 0.29) is 36.8 Å². The van der Waals surface area contributed by atoms with Crippen LogP contribution in [0, 0.1) is 23.6 Å². The molecule has 33 heavy (non-hydrogen) atoms. The van der Waals surface area contributed by atoms with Gasteiger partial charge in [0.1, 0.15) is 11.7 Å². The highest BCUT2D eigenvalue weighted by Crippen LogP contribution is 2.52. The van der Waals surface area contributed by atoms with Gasteiger partial charge in [-0.2, -0.15) is 0 Å². The zero-order valence-electron chi connectivity index (χ0n) is 19.3. The summed E-state index contributed by atoms with van der Waals surface area (Å²) in [5, 5.41) is 2.60. The van der Waals surface area contributed by atoms with Gasteiger partial charge in [-0.3, -0.25) is 9.69 Å². The first-order valence-electron chi connectivity index (χ1n) is 11.1. The second-order valence-electron chi connectivity index (χ2n) is 9.86. The molecule has 0 bridgehead atoms. The lowest BCUT2D eigenvalue weighted by Crippen LogP contribution is -2.37. The Hall–Kier alpha value is -3.04. The van der Waals surface area contributed by atoms with Crippen LogP contribution in [0.25, 0.3) is 0 Å². The first-order valence-corrected chi connectivity index (χ1v) is 11.1. The van der Waals surface area contributed by atoms with E-state index in [0.717, 1.165) is 0 Å². The minimum absolute atomic E-state index is 0.120. The van der Waals surface area contributed by atoms with Crippen molar-refractivity contribution in [3.8, 4) is 5.75 Å². The highest BCUT2D eigenvalue weighted by atomic mass is 19.1. The fraction of sp³-hybridized carbons (Fsp3) is 0.609. The molecule has 3 fully saturated rings. The number of amides is 3. The highest BCUT2D eigenvalue weighted by molar-refractivity contribution is 5.90. The number of ether oxygens (including phenoxy) is 3. The van der Waals surface area contributed by atoms with Crippen LogP contribution in [0.1, 0.15) is 27.7 Å². The number of cyclic esters (lactones) is 1. The number of hydrogen-bond acceptors (Lipinski definition) is 6. The molecule has 0 radical (unpaired) electrons. The number of halogens is 1. The lowest BCUT2D eigenvalue weighted by molar-refractivity contribution is -0.119. The molecule has 10 heteroatoms. The third-order valence-electron chi connectivity index (χ3n) is 6.13. The van der Waals surface area contributed by atoms with Gasteiger partial charge in [0.2, 0.25) is 5.91 Å². The summed E-state index contributed by atoms with van der Waals surface area (Å²) < 4.78 is 31.0. The van der Waals surface area contributed by atoms with Crippen LogP contribution in [0.2, 0.25) is 0 Å². The number of carbonyl (C=O) groups excluding carboxylic acids is 3. The fourth-order valence-corrected chi connectivity index (χ4v) is 4.43. The van der Waals surface area contributed by atoms with Crippen molar-refractivity contribution in [3.63, 3.8) is 0 Å². The number of likely N-dealkylation sites (tertiary alicyclic amines) is 1. The van der Waals surface area contributed by atoms with Crippen molar-refractivity contribution in [2.45, 2.75) is 39.4 Å². The maximum absolute atomic E-state index is 14.6. The minimum atomic E-state index is -0.584. The van der Waals surface area contributed by atoms with Crippen LogP contribution in [0.4, 0.5) is 19.7 Å². The van der Waals surface area contributed by atoms with E-state index in [1.807, 2.05) is 20.8 Å². The van der Waals surface area contributed by atoms with E-state index in [0.29, 0.717) is 37.2 Å². The van der Waals surface area contributed by atoms with E-state index in [1.165, 1.54) is 24.0 Å². The number of nitrogens with one attached hydrogen (secondary N) is 1. The molecule has 1 saturated carbocycles. The molecule has 180 valence electrons. The molecule has 1 aliphatic carbocycles. The van der Waals surface area contributed by atoms with Crippen LogP contribution in [-0.4, -0.2) is 67.5 Å². The summed E-state index contributed by atoms with van der Waals surface area (Å²) in [6.07, 6.45) is -1.37. The summed E-state index contributed by atoms with van der Waals surface area (Å²) in [6.45, 7) is 8.97. The molecule has 3 aliphatic rings. The van der Waals surface area contributed by atoms with Crippen molar-refractivity contribution in [1.29, 1.82) is 0 Å². The Labute approximate surface area is 192 Å². The van der Waals surface area contributed by atoms with Gasteiger partial charge in [-0.05, 0) is 44.7 Å². The van der Waals surface area contributed by atoms with E-state index in [1.54, 1.807) is 11.0 Å². The van der Waals surface area contributed by atoms with Crippen LogP contribution in [0.3, 0.4) is 0 Å². The second-order valence-corrected chi connectivity index (χ2v) is 9.86. The van der Waals surface area contributed by atoms with E-state index in [9.17, 15) is 18.8 Å². The van der Waals surface area contributed by atoms with Crippen molar-refractivity contribution in [2.75, 3.05) is 37.7 Å². The highest BCUT2D eigenvalue weighted by Gasteiger charge is 2.57. The Bertz CT molecular complexity index is 937. The smallest absolute Gasteiger partial charge is 0.414 e. The van der Waals surface area contributed by atoms with Gasteiger partial charge in [0.15, 0.2) is 11.6 Å². The Morgan fingerprint density at radius 3 is 2.52 bits per heavy atom. The molecule has 3 amide bonds. The molecular formula is C23H30FN3O6. The number of piperidine rings is 1. The van der Waals surface area contributed by atoms with Gasteiger partial charge in [-0.15, -0.1) is 0 Å². The summed E-state index contributed by atoms with van der Waals surface area (Å²) in [4.78, 5) is 38.4. The second kappa shape index (κ2) is 8.72. The Morgan fingerprint density at radius 1 is 1.21 bits per heavy atom. The minimum Gasteiger partial charge on any atom is -0.490 e. The zero-order valence-corrected chi connectivity index (χ0v) is 19.3. The summed E-state index contributed by atoms with van der Waals surface area (Å²) in [5.41, 5.74) is -0.153. The summed E-state index contributed by atoms with van der Waals surface area (Å²) in [6, 6.07) is 4.36. The normalized spacial score (nSPS) is 26.0. The van der Waals surface area contributed by atoms with Gasteiger partial charge >= 0.3 is 12.2 Å². The molecule has 4 rings (SSSR count). The SMILES string of the molecule is CC(=O)NC[C@H]1CN(c2ccc(OC[C@@H]3[C@H]4CN(C(=O)OC(C)(C)C)C[C@@H]34)c(F)c2)C(=O)O1. The van der Waals surface area contributed by atoms with Crippen molar-refractivity contribution in [3.05, 3.63) is 24.0 Å². The lowest BCUT2D eigenvalue weighted by Gasteiger charge is -2.26. The summed E-state index contributed by atoms with van der Waals surface area (Å²) >= 11 is 0. The predicted molar refractivity (Wildman–Crippen MR) is 116 cm³/mol. The van der Waals surface area contributed by atoms with E-state index in [4.69, 9.17) is 14.2 Å². The number of hydrogen-bond donors (Lipinski definition) is 1. The standard InChI is InChI=1S/C23H30FN3O6/c1-13(28)25-8-15-9-27(22(30)32-15)14-5-6-20(19(24)7-14)31-12-18-16-10-26(11-17(16)18)21(29)33-23(2,3)4/h5-7,15-18H,8-12H2,1-4H3,(H,25,28)/t15-,16-,17+,18+/m0/s1. The number of anilines is 1.